The maximum absolute atomic E-state index is 11.6. The molecule has 1 fully saturated rings. The van der Waals surface area contributed by atoms with Crippen molar-refractivity contribution < 1.29 is 13.2 Å². The van der Waals surface area contributed by atoms with Gasteiger partial charge in [-0.05, 0) is 30.5 Å². The second kappa shape index (κ2) is 5.54. The van der Waals surface area contributed by atoms with E-state index in [1.807, 2.05) is 12.1 Å². The van der Waals surface area contributed by atoms with Crippen molar-refractivity contribution in [2.45, 2.75) is 31.8 Å². The van der Waals surface area contributed by atoms with Gasteiger partial charge in [0.05, 0.1) is 18.1 Å². The van der Waals surface area contributed by atoms with Gasteiger partial charge in [-0.15, -0.1) is 0 Å². The minimum Gasteiger partial charge on any atom is -0.493 e. The molecule has 3 rings (SSSR count). The number of halogens is 1. The molecule has 110 valence electrons. The molecule has 0 aromatic heterocycles. The first-order valence-electron chi connectivity index (χ1n) is 6.91. The van der Waals surface area contributed by atoms with E-state index in [0.29, 0.717) is 23.9 Å². The van der Waals surface area contributed by atoms with Gasteiger partial charge in [-0.25, -0.2) is 8.42 Å². The first kappa shape index (κ1) is 14.2. The third-order valence-electron chi connectivity index (χ3n) is 3.87. The van der Waals surface area contributed by atoms with Gasteiger partial charge in [-0.2, -0.15) is 0 Å². The molecule has 1 atom stereocenters. The number of rotatable bonds is 3. The molecule has 2 heterocycles. The third kappa shape index (κ3) is 3.10. The topological polar surface area (TPSA) is 55.4 Å². The van der Waals surface area contributed by atoms with Crippen LogP contribution in [0.25, 0.3) is 0 Å². The largest absolute Gasteiger partial charge is 0.493 e. The predicted molar refractivity (Wildman–Crippen MR) is 79.2 cm³/mol. The van der Waals surface area contributed by atoms with E-state index in [-0.39, 0.29) is 11.8 Å². The Kier molecular flexibility index (Phi) is 3.93. The van der Waals surface area contributed by atoms with E-state index in [2.05, 4.69) is 5.32 Å². The van der Waals surface area contributed by atoms with Crippen LogP contribution in [-0.2, 0) is 22.8 Å². The second-order valence-corrected chi connectivity index (χ2v) is 8.15. The van der Waals surface area contributed by atoms with Crippen molar-refractivity contribution >= 4 is 21.4 Å². The molecule has 4 nitrogen and oxygen atoms in total. The highest BCUT2D eigenvalue weighted by Crippen LogP contribution is 2.32. The van der Waals surface area contributed by atoms with Gasteiger partial charge in [0, 0.05) is 29.6 Å². The molecule has 0 aliphatic carbocycles. The zero-order chi connectivity index (χ0) is 14.2. The Bertz CT molecular complexity index is 615. The summed E-state index contributed by atoms with van der Waals surface area (Å²) in [5.41, 5.74) is 2.17. The molecule has 1 N–H and O–H groups in total. The maximum atomic E-state index is 11.6. The van der Waals surface area contributed by atoms with Crippen LogP contribution in [-0.4, -0.2) is 32.6 Å². The summed E-state index contributed by atoms with van der Waals surface area (Å²) in [5, 5.41) is 4.04. The first-order valence-corrected chi connectivity index (χ1v) is 9.11. The molecule has 1 unspecified atom stereocenters. The molecule has 1 aromatic rings. The Labute approximate surface area is 124 Å². The average molecular weight is 316 g/mol. The summed E-state index contributed by atoms with van der Waals surface area (Å²) in [6, 6.07) is 3.87. The van der Waals surface area contributed by atoms with Gasteiger partial charge in [0.2, 0.25) is 0 Å². The number of benzene rings is 1. The molecule has 1 saturated heterocycles. The number of nitrogens with one attached hydrogen (secondary N) is 1. The molecule has 0 radical (unpaired) electrons. The molecule has 20 heavy (non-hydrogen) atoms. The summed E-state index contributed by atoms with van der Waals surface area (Å²) in [5.74, 6) is 1.47. The Morgan fingerprint density at radius 1 is 1.40 bits per heavy atom. The number of fused-ring (bicyclic) bond motifs is 1. The summed E-state index contributed by atoms with van der Waals surface area (Å²) in [7, 11) is -2.88. The fourth-order valence-electron chi connectivity index (χ4n) is 2.92. The monoisotopic (exact) mass is 315 g/mol. The minimum absolute atomic E-state index is 0.0322. The van der Waals surface area contributed by atoms with Crippen molar-refractivity contribution in [1.82, 2.24) is 5.32 Å². The summed E-state index contributed by atoms with van der Waals surface area (Å²) < 4.78 is 28.9. The van der Waals surface area contributed by atoms with E-state index in [1.54, 1.807) is 0 Å². The predicted octanol–water partition coefficient (Wildman–Crippen LogP) is 1.94. The van der Waals surface area contributed by atoms with Crippen molar-refractivity contribution in [3.05, 3.63) is 28.3 Å². The average Bonchev–Trinajstić information content (AvgIpc) is 2.82. The van der Waals surface area contributed by atoms with Gasteiger partial charge in [0.25, 0.3) is 0 Å². The lowest BCUT2D eigenvalue weighted by atomic mass is 10.1. The Morgan fingerprint density at radius 3 is 3.05 bits per heavy atom. The van der Waals surface area contributed by atoms with Crippen LogP contribution in [0.5, 0.6) is 5.75 Å². The number of ether oxygens (including phenoxy) is 1. The van der Waals surface area contributed by atoms with Crippen LogP contribution in [0.4, 0.5) is 0 Å². The molecule has 6 heteroatoms. The number of hydrogen-bond donors (Lipinski definition) is 1. The quantitative estimate of drug-likeness (QED) is 0.926. The van der Waals surface area contributed by atoms with E-state index < -0.39 is 9.84 Å². The lowest BCUT2D eigenvalue weighted by Gasteiger charge is -2.23. The molecule has 0 bridgehead atoms. The molecule has 0 saturated carbocycles. The molecule has 0 amide bonds. The van der Waals surface area contributed by atoms with Crippen LogP contribution in [0.2, 0.25) is 5.02 Å². The fourth-order valence-corrected chi connectivity index (χ4v) is 4.85. The van der Waals surface area contributed by atoms with Gasteiger partial charge in [-0.3, -0.25) is 0 Å². The molecular weight excluding hydrogens is 298 g/mol. The highest BCUT2D eigenvalue weighted by atomic mass is 35.5. The highest BCUT2D eigenvalue weighted by molar-refractivity contribution is 7.91. The van der Waals surface area contributed by atoms with Gasteiger partial charge in [0.15, 0.2) is 9.84 Å². The SMILES string of the molecule is O=S1(=O)CCCC(NCc2cc(Cl)cc3c2OCC3)C1. The highest BCUT2D eigenvalue weighted by Gasteiger charge is 2.25. The van der Waals surface area contributed by atoms with Crippen molar-refractivity contribution in [2.75, 3.05) is 18.1 Å². The smallest absolute Gasteiger partial charge is 0.151 e. The van der Waals surface area contributed by atoms with E-state index in [0.717, 1.165) is 36.1 Å². The Balaban J connectivity index is 1.70. The summed E-state index contributed by atoms with van der Waals surface area (Å²) >= 11 is 6.12. The van der Waals surface area contributed by atoms with Crippen LogP contribution in [0.3, 0.4) is 0 Å². The summed E-state index contributed by atoms with van der Waals surface area (Å²) in [6.07, 6.45) is 2.54. The molecule has 2 aliphatic heterocycles. The molecule has 2 aliphatic rings. The number of sulfone groups is 1. The van der Waals surface area contributed by atoms with E-state index in [4.69, 9.17) is 16.3 Å². The Hall–Kier alpha value is -0.780. The van der Waals surface area contributed by atoms with Gasteiger partial charge < -0.3 is 10.1 Å². The van der Waals surface area contributed by atoms with Crippen molar-refractivity contribution in [2.24, 2.45) is 0 Å². The van der Waals surface area contributed by atoms with Crippen molar-refractivity contribution in [3.63, 3.8) is 0 Å². The van der Waals surface area contributed by atoms with Gasteiger partial charge in [-0.1, -0.05) is 11.6 Å². The van der Waals surface area contributed by atoms with Crippen LogP contribution in [0.15, 0.2) is 12.1 Å². The normalized spacial score (nSPS) is 24.1. The Morgan fingerprint density at radius 2 is 2.25 bits per heavy atom. The van der Waals surface area contributed by atoms with Gasteiger partial charge >= 0.3 is 0 Å². The molecular formula is C14H18ClNO3S. The van der Waals surface area contributed by atoms with Crippen LogP contribution in [0.1, 0.15) is 24.0 Å². The summed E-state index contributed by atoms with van der Waals surface area (Å²) in [4.78, 5) is 0. The maximum Gasteiger partial charge on any atom is 0.151 e. The van der Waals surface area contributed by atoms with E-state index in [9.17, 15) is 8.42 Å². The lowest BCUT2D eigenvalue weighted by Crippen LogP contribution is -2.39. The second-order valence-electron chi connectivity index (χ2n) is 5.49. The third-order valence-corrected chi connectivity index (χ3v) is 5.91. The standard InChI is InChI=1S/C14H18ClNO3S/c15-12-6-10-3-4-19-14(10)11(7-12)8-16-13-2-1-5-20(17,18)9-13/h6-7,13,16H,1-5,8-9H2. The molecule has 1 aromatic carbocycles. The zero-order valence-electron chi connectivity index (χ0n) is 11.2. The van der Waals surface area contributed by atoms with Crippen molar-refractivity contribution in [3.8, 4) is 5.75 Å². The van der Waals surface area contributed by atoms with E-state index in [1.165, 1.54) is 0 Å². The van der Waals surface area contributed by atoms with E-state index >= 15 is 0 Å². The lowest BCUT2D eigenvalue weighted by molar-refractivity contribution is 0.351. The van der Waals surface area contributed by atoms with Crippen LogP contribution >= 0.6 is 11.6 Å². The van der Waals surface area contributed by atoms with Crippen LogP contribution in [0, 0.1) is 0 Å². The van der Waals surface area contributed by atoms with Gasteiger partial charge in [0.1, 0.15) is 5.75 Å². The first-order chi connectivity index (χ1) is 9.53. The van der Waals surface area contributed by atoms with Crippen molar-refractivity contribution in [1.29, 1.82) is 0 Å². The zero-order valence-corrected chi connectivity index (χ0v) is 12.8. The summed E-state index contributed by atoms with van der Waals surface area (Å²) in [6.45, 7) is 1.30. The molecule has 0 spiro atoms. The fraction of sp³-hybridized carbons (Fsp3) is 0.571. The number of hydrogen-bond acceptors (Lipinski definition) is 4. The minimum atomic E-state index is -2.88. The van der Waals surface area contributed by atoms with Crippen LogP contribution < -0.4 is 10.1 Å².